The molecule has 1 aromatic rings. The lowest BCUT2D eigenvalue weighted by Crippen LogP contribution is -2.55. The molecular weight excluding hydrogens is 267 g/mol. The summed E-state index contributed by atoms with van der Waals surface area (Å²) in [5, 5.41) is 3.68. The summed E-state index contributed by atoms with van der Waals surface area (Å²) in [5.74, 6) is 0.678. The highest BCUT2D eigenvalue weighted by Crippen LogP contribution is 2.37. The van der Waals surface area contributed by atoms with Gasteiger partial charge in [-0.1, -0.05) is 49.5 Å². The lowest BCUT2D eigenvalue weighted by Gasteiger charge is -2.46. The van der Waals surface area contributed by atoms with Crippen LogP contribution in [0.15, 0.2) is 30.3 Å². The minimum absolute atomic E-state index is 0.00259. The van der Waals surface area contributed by atoms with E-state index in [-0.39, 0.29) is 5.54 Å². The molecule has 1 saturated carbocycles. The SMILES string of the molecule is [B]CCCCC(C)(N)C1CC(NCCCc2ccccc2)C1. The van der Waals surface area contributed by atoms with Crippen molar-refractivity contribution in [3.63, 3.8) is 0 Å². The zero-order chi connectivity index (χ0) is 15.8. The molecule has 0 saturated heterocycles. The van der Waals surface area contributed by atoms with Gasteiger partial charge in [-0.2, -0.15) is 0 Å². The molecule has 0 bridgehead atoms. The highest BCUT2D eigenvalue weighted by atomic mass is 14.9. The molecule has 1 unspecified atom stereocenters. The summed E-state index contributed by atoms with van der Waals surface area (Å²) >= 11 is 0. The third kappa shape index (κ3) is 5.44. The largest absolute Gasteiger partial charge is 0.325 e. The molecule has 2 radical (unpaired) electrons. The van der Waals surface area contributed by atoms with E-state index in [2.05, 4.69) is 42.6 Å². The number of hydrogen-bond acceptors (Lipinski definition) is 2. The molecule has 3 heteroatoms. The van der Waals surface area contributed by atoms with Gasteiger partial charge in [-0.15, -0.1) is 0 Å². The molecule has 0 spiro atoms. The summed E-state index contributed by atoms with van der Waals surface area (Å²) in [7, 11) is 5.56. The van der Waals surface area contributed by atoms with E-state index in [1.165, 1.54) is 24.8 Å². The van der Waals surface area contributed by atoms with Gasteiger partial charge in [-0.05, 0) is 57.1 Å². The molecule has 0 aromatic heterocycles. The zero-order valence-corrected chi connectivity index (χ0v) is 14.1. The quantitative estimate of drug-likeness (QED) is 0.513. The number of hydrogen-bond donors (Lipinski definition) is 2. The predicted octanol–water partition coefficient (Wildman–Crippen LogP) is 3.46. The Morgan fingerprint density at radius 3 is 2.59 bits per heavy atom. The Balaban J connectivity index is 1.55. The Kier molecular flexibility index (Phi) is 6.97. The van der Waals surface area contributed by atoms with Gasteiger partial charge in [0.1, 0.15) is 0 Å². The lowest BCUT2D eigenvalue weighted by atomic mass is 9.67. The van der Waals surface area contributed by atoms with Crippen molar-refractivity contribution in [2.24, 2.45) is 11.7 Å². The van der Waals surface area contributed by atoms with E-state index in [1.54, 1.807) is 0 Å². The molecule has 0 heterocycles. The highest BCUT2D eigenvalue weighted by Gasteiger charge is 2.39. The van der Waals surface area contributed by atoms with E-state index in [9.17, 15) is 0 Å². The maximum absolute atomic E-state index is 6.49. The summed E-state index contributed by atoms with van der Waals surface area (Å²) < 4.78 is 0. The van der Waals surface area contributed by atoms with Crippen LogP contribution in [0, 0.1) is 5.92 Å². The number of nitrogens with one attached hydrogen (secondary N) is 1. The first-order chi connectivity index (χ1) is 10.6. The van der Waals surface area contributed by atoms with E-state index >= 15 is 0 Å². The topological polar surface area (TPSA) is 38.0 Å². The first-order valence-corrected chi connectivity index (χ1v) is 8.88. The number of unbranched alkanes of at least 4 members (excludes halogenated alkanes) is 1. The smallest absolute Gasteiger partial charge is 0.0653 e. The molecule has 2 nitrogen and oxygen atoms in total. The van der Waals surface area contributed by atoms with Crippen molar-refractivity contribution < 1.29 is 0 Å². The molecule has 3 N–H and O–H groups in total. The van der Waals surface area contributed by atoms with E-state index < -0.39 is 0 Å². The number of benzene rings is 1. The Bertz CT molecular complexity index is 413. The third-order valence-corrected chi connectivity index (χ3v) is 5.16. The van der Waals surface area contributed by atoms with Crippen LogP contribution in [0.2, 0.25) is 6.32 Å². The van der Waals surface area contributed by atoms with Gasteiger partial charge < -0.3 is 11.1 Å². The minimum Gasteiger partial charge on any atom is -0.325 e. The fourth-order valence-corrected chi connectivity index (χ4v) is 3.42. The van der Waals surface area contributed by atoms with Gasteiger partial charge in [0, 0.05) is 11.6 Å². The van der Waals surface area contributed by atoms with Crippen molar-refractivity contribution in [3.05, 3.63) is 35.9 Å². The molecule has 0 aliphatic heterocycles. The molecule has 120 valence electrons. The Hall–Kier alpha value is -0.795. The normalized spacial score (nSPS) is 23.7. The van der Waals surface area contributed by atoms with Gasteiger partial charge in [0.15, 0.2) is 0 Å². The van der Waals surface area contributed by atoms with Crippen molar-refractivity contribution in [2.45, 2.75) is 69.8 Å². The van der Waals surface area contributed by atoms with Crippen molar-refractivity contribution in [1.82, 2.24) is 5.32 Å². The van der Waals surface area contributed by atoms with Crippen molar-refractivity contribution >= 4 is 7.85 Å². The standard InChI is InChI=1S/C19H31BN2/c1-19(21,11-5-6-12-20)17-14-18(15-17)22-13-7-10-16-8-3-2-4-9-16/h2-4,8-9,17-18,22H,5-7,10-15,21H2,1H3. The van der Waals surface area contributed by atoms with Crippen LogP contribution < -0.4 is 11.1 Å². The van der Waals surface area contributed by atoms with Crippen molar-refractivity contribution in [1.29, 1.82) is 0 Å². The predicted molar refractivity (Wildman–Crippen MR) is 96.3 cm³/mol. The van der Waals surface area contributed by atoms with Gasteiger partial charge in [0.05, 0.1) is 7.85 Å². The first-order valence-electron chi connectivity index (χ1n) is 8.88. The molecule has 0 amide bonds. The molecule has 1 aromatic carbocycles. The summed E-state index contributed by atoms with van der Waals surface area (Å²) in [4.78, 5) is 0. The fourth-order valence-electron chi connectivity index (χ4n) is 3.42. The van der Waals surface area contributed by atoms with Crippen molar-refractivity contribution in [3.8, 4) is 0 Å². The van der Waals surface area contributed by atoms with Crippen LogP contribution in [0.4, 0.5) is 0 Å². The van der Waals surface area contributed by atoms with Gasteiger partial charge in [0.2, 0.25) is 0 Å². The Morgan fingerprint density at radius 1 is 1.18 bits per heavy atom. The summed E-state index contributed by atoms with van der Waals surface area (Å²) in [6.07, 6.45) is 9.00. The molecule has 1 atom stereocenters. The van der Waals surface area contributed by atoms with Crippen LogP contribution in [0.1, 0.15) is 51.0 Å². The van der Waals surface area contributed by atoms with Crippen LogP contribution in [0.5, 0.6) is 0 Å². The maximum atomic E-state index is 6.49. The number of nitrogens with two attached hydrogens (primary N) is 1. The van der Waals surface area contributed by atoms with Crippen LogP contribution >= 0.6 is 0 Å². The summed E-state index contributed by atoms with van der Waals surface area (Å²) in [5.41, 5.74) is 7.92. The van der Waals surface area contributed by atoms with E-state index in [1.807, 2.05) is 0 Å². The Morgan fingerprint density at radius 2 is 1.91 bits per heavy atom. The van der Waals surface area contributed by atoms with Gasteiger partial charge in [-0.25, -0.2) is 0 Å². The molecule has 1 aliphatic rings. The average Bonchev–Trinajstić information content (AvgIpc) is 2.46. The fraction of sp³-hybridized carbons (Fsp3) is 0.684. The van der Waals surface area contributed by atoms with Crippen LogP contribution in [0.3, 0.4) is 0 Å². The second-order valence-corrected chi connectivity index (χ2v) is 7.16. The summed E-state index contributed by atoms with van der Waals surface area (Å²) in [6, 6.07) is 11.4. The second kappa shape index (κ2) is 8.74. The molecule has 1 fully saturated rings. The van der Waals surface area contributed by atoms with E-state index in [4.69, 9.17) is 13.6 Å². The maximum Gasteiger partial charge on any atom is 0.0653 e. The summed E-state index contributed by atoms with van der Waals surface area (Å²) in [6.45, 7) is 3.33. The van der Waals surface area contributed by atoms with Gasteiger partial charge >= 0.3 is 0 Å². The molecule has 2 rings (SSSR count). The Labute approximate surface area is 137 Å². The van der Waals surface area contributed by atoms with Crippen molar-refractivity contribution in [2.75, 3.05) is 6.54 Å². The third-order valence-electron chi connectivity index (χ3n) is 5.16. The monoisotopic (exact) mass is 298 g/mol. The minimum atomic E-state index is -0.00259. The van der Waals surface area contributed by atoms with Crippen LogP contribution in [0.25, 0.3) is 0 Å². The molecule has 1 aliphatic carbocycles. The molecule has 22 heavy (non-hydrogen) atoms. The van der Waals surface area contributed by atoms with E-state index in [0.717, 1.165) is 38.5 Å². The molecular formula is C19H31BN2. The van der Waals surface area contributed by atoms with Gasteiger partial charge in [0.25, 0.3) is 0 Å². The van der Waals surface area contributed by atoms with E-state index in [0.29, 0.717) is 12.0 Å². The first kappa shape index (κ1) is 17.6. The number of rotatable bonds is 10. The highest BCUT2D eigenvalue weighted by molar-refractivity contribution is 6.08. The van der Waals surface area contributed by atoms with Crippen LogP contribution in [-0.4, -0.2) is 26.0 Å². The van der Waals surface area contributed by atoms with Gasteiger partial charge in [-0.3, -0.25) is 0 Å². The number of aryl methyl sites for hydroxylation is 1. The average molecular weight is 298 g/mol. The lowest BCUT2D eigenvalue weighted by molar-refractivity contribution is 0.124. The second-order valence-electron chi connectivity index (χ2n) is 7.16. The zero-order valence-electron chi connectivity index (χ0n) is 14.1. The van der Waals surface area contributed by atoms with Crippen LogP contribution in [-0.2, 0) is 6.42 Å².